The van der Waals surface area contributed by atoms with Gasteiger partial charge < -0.3 is 5.32 Å². The summed E-state index contributed by atoms with van der Waals surface area (Å²) in [6.07, 6.45) is 3.58. The lowest BCUT2D eigenvalue weighted by Crippen LogP contribution is -2.18. The standard InChI is InChI=1S/C15H17FN2/c1-11-5-6-14(8-15(11)16)12(2)18-10-13-4-3-7-17-9-13/h3-9,12,18H,10H2,1-2H3. The van der Waals surface area contributed by atoms with Crippen molar-refractivity contribution in [2.24, 2.45) is 0 Å². The largest absolute Gasteiger partial charge is 0.306 e. The normalized spacial score (nSPS) is 12.4. The molecule has 0 saturated carbocycles. The van der Waals surface area contributed by atoms with E-state index in [9.17, 15) is 4.39 Å². The van der Waals surface area contributed by atoms with E-state index in [4.69, 9.17) is 0 Å². The van der Waals surface area contributed by atoms with Gasteiger partial charge in [0.1, 0.15) is 5.82 Å². The molecule has 1 aromatic heterocycles. The number of hydrogen-bond acceptors (Lipinski definition) is 2. The maximum atomic E-state index is 13.5. The van der Waals surface area contributed by atoms with E-state index < -0.39 is 0 Å². The molecule has 3 heteroatoms. The number of nitrogens with zero attached hydrogens (tertiary/aromatic N) is 1. The van der Waals surface area contributed by atoms with Gasteiger partial charge in [-0.25, -0.2) is 4.39 Å². The molecule has 1 aromatic carbocycles. The highest BCUT2D eigenvalue weighted by Gasteiger charge is 2.07. The minimum absolute atomic E-state index is 0.111. The molecular weight excluding hydrogens is 227 g/mol. The van der Waals surface area contributed by atoms with Crippen LogP contribution >= 0.6 is 0 Å². The van der Waals surface area contributed by atoms with Crippen LogP contribution in [0.4, 0.5) is 4.39 Å². The number of aryl methyl sites for hydroxylation is 1. The van der Waals surface area contributed by atoms with Gasteiger partial charge in [-0.2, -0.15) is 0 Å². The highest BCUT2D eigenvalue weighted by molar-refractivity contribution is 5.25. The van der Waals surface area contributed by atoms with Crippen LogP contribution in [0.5, 0.6) is 0 Å². The fourth-order valence-electron chi connectivity index (χ4n) is 1.77. The number of benzene rings is 1. The molecule has 2 aromatic rings. The average Bonchev–Trinajstić information content (AvgIpc) is 2.40. The Bertz CT molecular complexity index is 511. The summed E-state index contributed by atoms with van der Waals surface area (Å²) in [5.74, 6) is -0.150. The summed E-state index contributed by atoms with van der Waals surface area (Å²) in [7, 11) is 0. The molecule has 0 spiro atoms. The van der Waals surface area contributed by atoms with E-state index in [-0.39, 0.29) is 11.9 Å². The minimum Gasteiger partial charge on any atom is -0.306 e. The quantitative estimate of drug-likeness (QED) is 0.891. The molecule has 2 nitrogen and oxygen atoms in total. The summed E-state index contributed by atoms with van der Waals surface area (Å²) in [6, 6.07) is 9.40. The average molecular weight is 244 g/mol. The van der Waals surface area contributed by atoms with Gasteiger partial charge in [-0.3, -0.25) is 4.98 Å². The summed E-state index contributed by atoms with van der Waals surface area (Å²) in [5, 5.41) is 3.36. The molecule has 0 aliphatic rings. The van der Waals surface area contributed by atoms with Crippen LogP contribution in [0.1, 0.15) is 29.7 Å². The summed E-state index contributed by atoms with van der Waals surface area (Å²) in [6.45, 7) is 4.53. The molecule has 0 radical (unpaired) electrons. The number of halogens is 1. The Kier molecular flexibility index (Phi) is 4.05. The second-order valence-corrected chi connectivity index (χ2v) is 4.47. The Morgan fingerprint density at radius 3 is 2.83 bits per heavy atom. The van der Waals surface area contributed by atoms with E-state index in [2.05, 4.69) is 10.3 Å². The van der Waals surface area contributed by atoms with Crippen LogP contribution in [0, 0.1) is 12.7 Å². The molecule has 1 atom stereocenters. The zero-order valence-electron chi connectivity index (χ0n) is 10.7. The first-order valence-corrected chi connectivity index (χ1v) is 6.05. The molecule has 0 aliphatic heterocycles. The van der Waals surface area contributed by atoms with Gasteiger partial charge in [-0.05, 0) is 42.7 Å². The van der Waals surface area contributed by atoms with Gasteiger partial charge >= 0.3 is 0 Å². The van der Waals surface area contributed by atoms with Crippen LogP contribution in [0.15, 0.2) is 42.7 Å². The van der Waals surface area contributed by atoms with Crippen LogP contribution in [0.3, 0.4) is 0 Å². The molecule has 1 heterocycles. The third kappa shape index (κ3) is 3.14. The van der Waals surface area contributed by atoms with Gasteiger partial charge in [0, 0.05) is 25.0 Å². The summed E-state index contributed by atoms with van der Waals surface area (Å²) in [4.78, 5) is 4.06. The topological polar surface area (TPSA) is 24.9 Å². The molecule has 94 valence electrons. The van der Waals surface area contributed by atoms with Crippen LogP contribution in [0.25, 0.3) is 0 Å². The van der Waals surface area contributed by atoms with Crippen LogP contribution in [0.2, 0.25) is 0 Å². The van der Waals surface area contributed by atoms with Crippen molar-refractivity contribution >= 4 is 0 Å². The molecule has 0 bridgehead atoms. The number of aromatic nitrogens is 1. The summed E-state index contributed by atoms with van der Waals surface area (Å²) in [5.41, 5.74) is 2.76. The van der Waals surface area contributed by atoms with Crippen molar-refractivity contribution in [1.82, 2.24) is 10.3 Å². The van der Waals surface area contributed by atoms with Crippen molar-refractivity contribution in [3.05, 3.63) is 65.2 Å². The lowest BCUT2D eigenvalue weighted by atomic mass is 10.1. The lowest BCUT2D eigenvalue weighted by molar-refractivity contribution is 0.562. The lowest BCUT2D eigenvalue weighted by Gasteiger charge is -2.14. The highest BCUT2D eigenvalue weighted by atomic mass is 19.1. The molecule has 0 fully saturated rings. The second kappa shape index (κ2) is 5.74. The van der Waals surface area contributed by atoms with E-state index in [1.807, 2.05) is 37.4 Å². The van der Waals surface area contributed by atoms with E-state index in [0.717, 1.165) is 17.7 Å². The zero-order chi connectivity index (χ0) is 13.0. The van der Waals surface area contributed by atoms with Crippen molar-refractivity contribution in [2.75, 3.05) is 0 Å². The van der Waals surface area contributed by atoms with Crippen molar-refractivity contribution in [1.29, 1.82) is 0 Å². The first-order valence-electron chi connectivity index (χ1n) is 6.05. The SMILES string of the molecule is Cc1ccc(C(C)NCc2cccnc2)cc1F. The number of pyridine rings is 1. The maximum Gasteiger partial charge on any atom is 0.126 e. The molecule has 1 unspecified atom stereocenters. The third-order valence-electron chi connectivity index (χ3n) is 3.03. The zero-order valence-corrected chi connectivity index (χ0v) is 10.7. The smallest absolute Gasteiger partial charge is 0.126 e. The van der Waals surface area contributed by atoms with Gasteiger partial charge in [0.05, 0.1) is 0 Å². The fourth-order valence-corrected chi connectivity index (χ4v) is 1.77. The first kappa shape index (κ1) is 12.7. The fraction of sp³-hybridized carbons (Fsp3) is 0.267. The van der Waals surface area contributed by atoms with Crippen LogP contribution < -0.4 is 5.32 Å². The van der Waals surface area contributed by atoms with Crippen molar-refractivity contribution < 1.29 is 4.39 Å². The number of rotatable bonds is 4. The Balaban J connectivity index is 1.99. The summed E-state index contributed by atoms with van der Waals surface area (Å²) < 4.78 is 13.5. The Hall–Kier alpha value is -1.74. The van der Waals surface area contributed by atoms with Gasteiger partial charge in [-0.1, -0.05) is 18.2 Å². The van der Waals surface area contributed by atoms with Gasteiger partial charge in [-0.15, -0.1) is 0 Å². The predicted molar refractivity (Wildman–Crippen MR) is 70.6 cm³/mol. The third-order valence-corrected chi connectivity index (χ3v) is 3.03. The predicted octanol–water partition coefficient (Wildman–Crippen LogP) is 3.38. The minimum atomic E-state index is -0.150. The molecule has 0 aliphatic carbocycles. The van der Waals surface area contributed by atoms with Crippen molar-refractivity contribution in [3.8, 4) is 0 Å². The highest BCUT2D eigenvalue weighted by Crippen LogP contribution is 2.16. The Labute approximate surface area is 107 Å². The number of hydrogen-bond donors (Lipinski definition) is 1. The Morgan fingerprint density at radius 2 is 2.17 bits per heavy atom. The second-order valence-electron chi connectivity index (χ2n) is 4.47. The molecule has 2 rings (SSSR count). The molecule has 0 amide bonds. The van der Waals surface area contributed by atoms with E-state index in [1.165, 1.54) is 0 Å². The van der Waals surface area contributed by atoms with Crippen molar-refractivity contribution in [2.45, 2.75) is 26.4 Å². The summed E-state index contributed by atoms with van der Waals surface area (Å²) >= 11 is 0. The number of nitrogens with one attached hydrogen (secondary N) is 1. The molecular formula is C15H17FN2. The molecule has 1 N–H and O–H groups in total. The van der Waals surface area contributed by atoms with E-state index in [1.54, 1.807) is 19.2 Å². The maximum absolute atomic E-state index is 13.5. The van der Waals surface area contributed by atoms with E-state index in [0.29, 0.717) is 5.56 Å². The molecule has 18 heavy (non-hydrogen) atoms. The Morgan fingerprint density at radius 1 is 1.33 bits per heavy atom. The monoisotopic (exact) mass is 244 g/mol. The van der Waals surface area contributed by atoms with Gasteiger partial charge in [0.25, 0.3) is 0 Å². The van der Waals surface area contributed by atoms with Crippen molar-refractivity contribution in [3.63, 3.8) is 0 Å². The van der Waals surface area contributed by atoms with Crippen LogP contribution in [-0.4, -0.2) is 4.98 Å². The van der Waals surface area contributed by atoms with Gasteiger partial charge in [0.15, 0.2) is 0 Å². The first-order chi connectivity index (χ1) is 8.66. The molecule has 0 saturated heterocycles. The van der Waals surface area contributed by atoms with Crippen LogP contribution in [-0.2, 0) is 6.54 Å². The van der Waals surface area contributed by atoms with E-state index >= 15 is 0 Å². The van der Waals surface area contributed by atoms with Gasteiger partial charge in [0.2, 0.25) is 0 Å².